The Balaban J connectivity index is 2.03. The SMILES string of the molecule is COc1ccc(Cn2cc(-c3cc(C)nc(Cl)n3)cc(F)c2=O)cc1F. The first kappa shape index (κ1) is 18.0. The largest absolute Gasteiger partial charge is 0.494 e. The fourth-order valence-corrected chi connectivity index (χ4v) is 2.77. The van der Waals surface area contributed by atoms with Gasteiger partial charge in [0.1, 0.15) is 0 Å². The van der Waals surface area contributed by atoms with Crippen LogP contribution in [0.2, 0.25) is 5.28 Å². The summed E-state index contributed by atoms with van der Waals surface area (Å²) in [5.41, 5.74) is 1.02. The number of rotatable bonds is 4. The molecule has 8 heteroatoms. The molecule has 0 aliphatic rings. The van der Waals surface area contributed by atoms with Crippen molar-refractivity contribution in [1.29, 1.82) is 0 Å². The minimum absolute atomic E-state index is 0.0116. The van der Waals surface area contributed by atoms with Crippen LogP contribution in [-0.4, -0.2) is 21.6 Å². The summed E-state index contributed by atoms with van der Waals surface area (Å²) in [6.45, 7) is 1.71. The summed E-state index contributed by atoms with van der Waals surface area (Å²) in [6, 6.07) is 7.00. The third-order valence-corrected chi connectivity index (χ3v) is 3.90. The minimum Gasteiger partial charge on any atom is -0.494 e. The molecule has 1 aromatic carbocycles. The van der Waals surface area contributed by atoms with E-state index in [4.69, 9.17) is 16.3 Å². The van der Waals surface area contributed by atoms with Crippen molar-refractivity contribution in [2.75, 3.05) is 7.11 Å². The standard InChI is InChI=1S/C18H14ClF2N3O2/c1-10-5-15(23-18(19)22-10)12-7-14(21)17(25)24(9-12)8-11-3-4-16(26-2)13(20)6-11/h3-7,9H,8H2,1-2H3. The van der Waals surface area contributed by atoms with Gasteiger partial charge in [-0.15, -0.1) is 0 Å². The van der Waals surface area contributed by atoms with Gasteiger partial charge in [0, 0.05) is 17.5 Å². The Hall–Kier alpha value is -2.80. The van der Waals surface area contributed by atoms with Crippen molar-refractivity contribution in [3.8, 4) is 17.0 Å². The Morgan fingerprint density at radius 3 is 2.58 bits per heavy atom. The maximum absolute atomic E-state index is 14.1. The van der Waals surface area contributed by atoms with Crippen LogP contribution in [-0.2, 0) is 6.54 Å². The molecule has 0 unspecified atom stereocenters. The Kier molecular flexibility index (Phi) is 4.99. The van der Waals surface area contributed by atoms with E-state index < -0.39 is 17.2 Å². The van der Waals surface area contributed by atoms with E-state index in [1.54, 1.807) is 19.1 Å². The van der Waals surface area contributed by atoms with Gasteiger partial charge in [0.15, 0.2) is 17.4 Å². The molecule has 0 radical (unpaired) electrons. The lowest BCUT2D eigenvalue weighted by atomic mass is 10.1. The quantitative estimate of drug-likeness (QED) is 0.652. The first-order valence-electron chi connectivity index (χ1n) is 7.61. The predicted octanol–water partition coefficient (Wildman–Crippen LogP) is 3.60. The van der Waals surface area contributed by atoms with Crippen LogP contribution in [0.25, 0.3) is 11.3 Å². The molecule has 0 N–H and O–H groups in total. The lowest BCUT2D eigenvalue weighted by Gasteiger charge is -2.10. The smallest absolute Gasteiger partial charge is 0.286 e. The molecule has 2 aromatic heterocycles. The summed E-state index contributed by atoms with van der Waals surface area (Å²) < 4.78 is 34.0. The van der Waals surface area contributed by atoms with Gasteiger partial charge in [-0.1, -0.05) is 6.07 Å². The summed E-state index contributed by atoms with van der Waals surface area (Å²) in [4.78, 5) is 20.1. The van der Waals surface area contributed by atoms with Gasteiger partial charge < -0.3 is 9.30 Å². The maximum atomic E-state index is 14.1. The first-order valence-corrected chi connectivity index (χ1v) is 7.99. The van der Waals surface area contributed by atoms with Crippen molar-refractivity contribution in [2.45, 2.75) is 13.5 Å². The molecule has 0 spiro atoms. The molecule has 0 saturated heterocycles. The van der Waals surface area contributed by atoms with Crippen LogP contribution < -0.4 is 10.3 Å². The van der Waals surface area contributed by atoms with Gasteiger partial charge in [0.25, 0.3) is 5.56 Å². The molecular formula is C18H14ClF2N3O2. The molecule has 3 rings (SSSR count). The van der Waals surface area contributed by atoms with Crippen molar-refractivity contribution in [3.05, 3.63) is 75.1 Å². The molecule has 134 valence electrons. The van der Waals surface area contributed by atoms with Gasteiger partial charge in [0.05, 0.1) is 19.3 Å². The van der Waals surface area contributed by atoms with E-state index in [2.05, 4.69) is 9.97 Å². The number of hydrogen-bond acceptors (Lipinski definition) is 4. The third-order valence-electron chi connectivity index (χ3n) is 3.73. The summed E-state index contributed by atoms with van der Waals surface area (Å²) >= 11 is 5.85. The zero-order valence-electron chi connectivity index (χ0n) is 14.0. The summed E-state index contributed by atoms with van der Waals surface area (Å²) in [5.74, 6) is -1.41. The van der Waals surface area contributed by atoms with E-state index >= 15 is 0 Å². The molecular weight excluding hydrogens is 364 g/mol. The fourth-order valence-electron chi connectivity index (χ4n) is 2.54. The third kappa shape index (κ3) is 3.72. The van der Waals surface area contributed by atoms with Crippen molar-refractivity contribution in [1.82, 2.24) is 14.5 Å². The van der Waals surface area contributed by atoms with Crippen LogP contribution in [0, 0.1) is 18.6 Å². The topological polar surface area (TPSA) is 57.0 Å². The van der Waals surface area contributed by atoms with Crippen LogP contribution in [0.3, 0.4) is 0 Å². The molecule has 0 saturated carbocycles. The van der Waals surface area contributed by atoms with Gasteiger partial charge in [-0.2, -0.15) is 0 Å². The zero-order chi connectivity index (χ0) is 18.8. The second-order valence-electron chi connectivity index (χ2n) is 5.64. The Labute approximate surface area is 152 Å². The monoisotopic (exact) mass is 377 g/mol. The fraction of sp³-hybridized carbons (Fsp3) is 0.167. The van der Waals surface area contributed by atoms with Crippen molar-refractivity contribution >= 4 is 11.6 Å². The van der Waals surface area contributed by atoms with Crippen molar-refractivity contribution < 1.29 is 13.5 Å². The van der Waals surface area contributed by atoms with E-state index in [1.807, 2.05) is 0 Å². The second kappa shape index (κ2) is 7.21. The molecule has 26 heavy (non-hydrogen) atoms. The maximum Gasteiger partial charge on any atom is 0.286 e. The van der Waals surface area contributed by atoms with Crippen LogP contribution in [0.5, 0.6) is 5.75 Å². The Morgan fingerprint density at radius 1 is 1.15 bits per heavy atom. The number of methoxy groups -OCH3 is 1. The number of pyridine rings is 1. The van der Waals surface area contributed by atoms with E-state index in [0.29, 0.717) is 22.5 Å². The normalized spacial score (nSPS) is 10.8. The highest BCUT2D eigenvalue weighted by Gasteiger charge is 2.12. The first-order chi connectivity index (χ1) is 12.4. The van der Waals surface area contributed by atoms with E-state index in [-0.39, 0.29) is 17.6 Å². The molecule has 0 atom stereocenters. The number of aryl methyl sites for hydroxylation is 1. The number of benzene rings is 1. The highest BCUT2D eigenvalue weighted by molar-refractivity contribution is 6.28. The number of aromatic nitrogens is 3. The number of halogens is 3. The van der Waals surface area contributed by atoms with Crippen LogP contribution in [0.15, 0.2) is 41.3 Å². The average molecular weight is 378 g/mol. The molecule has 5 nitrogen and oxygen atoms in total. The predicted molar refractivity (Wildman–Crippen MR) is 93.5 cm³/mol. The number of ether oxygens (including phenoxy) is 1. The zero-order valence-corrected chi connectivity index (χ0v) is 14.7. The second-order valence-corrected chi connectivity index (χ2v) is 5.98. The van der Waals surface area contributed by atoms with Crippen molar-refractivity contribution in [2.24, 2.45) is 0 Å². The Morgan fingerprint density at radius 2 is 1.92 bits per heavy atom. The molecule has 0 fully saturated rings. The number of hydrogen-bond donors (Lipinski definition) is 0. The minimum atomic E-state index is -0.941. The molecule has 0 amide bonds. The molecule has 0 aliphatic heterocycles. The molecule has 3 aromatic rings. The van der Waals surface area contributed by atoms with E-state index in [1.165, 1.54) is 25.4 Å². The summed E-state index contributed by atoms with van der Waals surface area (Å²) in [5, 5.41) is 0.0235. The van der Waals surface area contributed by atoms with Crippen LogP contribution in [0.4, 0.5) is 8.78 Å². The average Bonchev–Trinajstić information content (AvgIpc) is 2.58. The lowest BCUT2D eigenvalue weighted by Crippen LogP contribution is -2.23. The molecule has 0 bridgehead atoms. The van der Waals surface area contributed by atoms with Gasteiger partial charge in [0.2, 0.25) is 5.28 Å². The molecule has 2 heterocycles. The van der Waals surface area contributed by atoms with Crippen LogP contribution >= 0.6 is 11.6 Å². The van der Waals surface area contributed by atoms with Gasteiger partial charge in [-0.05, 0) is 48.4 Å². The van der Waals surface area contributed by atoms with E-state index in [9.17, 15) is 13.6 Å². The van der Waals surface area contributed by atoms with E-state index in [0.717, 1.165) is 10.6 Å². The highest BCUT2D eigenvalue weighted by Crippen LogP contribution is 2.21. The van der Waals surface area contributed by atoms with Crippen LogP contribution in [0.1, 0.15) is 11.3 Å². The Bertz CT molecular complexity index is 1020. The van der Waals surface area contributed by atoms with Crippen molar-refractivity contribution in [3.63, 3.8) is 0 Å². The number of nitrogens with zero attached hydrogens (tertiary/aromatic N) is 3. The van der Waals surface area contributed by atoms with Gasteiger partial charge in [-0.25, -0.2) is 18.7 Å². The summed E-state index contributed by atoms with van der Waals surface area (Å²) in [7, 11) is 1.36. The van der Waals surface area contributed by atoms with Gasteiger partial charge >= 0.3 is 0 Å². The lowest BCUT2D eigenvalue weighted by molar-refractivity contribution is 0.386. The van der Waals surface area contributed by atoms with Gasteiger partial charge in [-0.3, -0.25) is 4.79 Å². The highest BCUT2D eigenvalue weighted by atomic mass is 35.5. The summed E-state index contributed by atoms with van der Waals surface area (Å²) in [6.07, 6.45) is 1.45. The molecule has 0 aliphatic carbocycles.